The number of hydrogen-bond acceptors (Lipinski definition) is 6. The van der Waals surface area contributed by atoms with Crippen LogP contribution in [0.3, 0.4) is 0 Å². The molecule has 0 unspecified atom stereocenters. The van der Waals surface area contributed by atoms with Crippen LogP contribution in [0.2, 0.25) is 0 Å². The summed E-state index contributed by atoms with van der Waals surface area (Å²) in [6.45, 7) is 5.76. The lowest BCUT2D eigenvalue weighted by atomic mass is 10.1. The third-order valence-corrected chi connectivity index (χ3v) is 4.07. The summed E-state index contributed by atoms with van der Waals surface area (Å²) in [6, 6.07) is 7.86. The lowest BCUT2D eigenvalue weighted by Gasteiger charge is -2.08. The molecule has 0 saturated carbocycles. The van der Waals surface area contributed by atoms with E-state index in [-0.39, 0.29) is 13.2 Å². The second kappa shape index (κ2) is 10.5. The first-order valence-corrected chi connectivity index (χ1v) is 8.60. The average Bonchev–Trinajstić information content (AvgIpc) is 2.56. The van der Waals surface area contributed by atoms with Gasteiger partial charge in [0.1, 0.15) is 0 Å². The van der Waals surface area contributed by atoms with Crippen molar-refractivity contribution >= 4 is 23.7 Å². The number of aryl methyl sites for hydroxylation is 1. The molecule has 0 spiro atoms. The van der Waals surface area contributed by atoms with Gasteiger partial charge in [-0.2, -0.15) is 0 Å². The van der Waals surface area contributed by atoms with Crippen molar-refractivity contribution in [3.05, 3.63) is 58.2 Å². The molecule has 130 valence electrons. The van der Waals surface area contributed by atoms with Crippen molar-refractivity contribution in [3.8, 4) is 0 Å². The topological polar surface area (TPSA) is 72.8 Å². The number of aliphatic hydroxyl groups is 1. The molecular weight excluding hydrogens is 328 g/mol. The number of esters is 2. The largest absolute Gasteiger partial charge is 0.502 e. The van der Waals surface area contributed by atoms with E-state index >= 15 is 0 Å². The van der Waals surface area contributed by atoms with E-state index in [0.29, 0.717) is 10.7 Å². The Kier molecular flexibility index (Phi) is 8.71. The van der Waals surface area contributed by atoms with Crippen LogP contribution in [0.25, 0.3) is 0 Å². The number of aliphatic hydroxyl groups excluding tert-OH is 1. The number of thioether (sulfide) groups is 1. The molecule has 0 saturated heterocycles. The molecule has 0 heterocycles. The highest BCUT2D eigenvalue weighted by molar-refractivity contribution is 8.03. The summed E-state index contributed by atoms with van der Waals surface area (Å²) in [6.07, 6.45) is 2.52. The fraction of sp³-hybridized carbons (Fsp3) is 0.333. The Bertz CT molecular complexity index is 634. The summed E-state index contributed by atoms with van der Waals surface area (Å²) in [7, 11) is 0. The molecular formula is C18H22O5S. The van der Waals surface area contributed by atoms with Crippen molar-refractivity contribution in [2.24, 2.45) is 0 Å². The van der Waals surface area contributed by atoms with E-state index in [1.54, 1.807) is 13.8 Å². The minimum absolute atomic E-state index is 0.160. The van der Waals surface area contributed by atoms with Crippen LogP contribution in [0.15, 0.2) is 47.1 Å². The summed E-state index contributed by atoms with van der Waals surface area (Å²) < 4.78 is 9.69. The van der Waals surface area contributed by atoms with Gasteiger partial charge in [-0.25, -0.2) is 9.59 Å². The van der Waals surface area contributed by atoms with E-state index in [0.717, 1.165) is 17.2 Å². The molecule has 0 atom stereocenters. The predicted molar refractivity (Wildman–Crippen MR) is 94.5 cm³/mol. The molecule has 0 radical (unpaired) electrons. The van der Waals surface area contributed by atoms with Gasteiger partial charge in [0, 0.05) is 5.75 Å². The van der Waals surface area contributed by atoms with Crippen molar-refractivity contribution in [3.63, 3.8) is 0 Å². The molecule has 0 aliphatic heterocycles. The monoisotopic (exact) mass is 350 g/mol. The van der Waals surface area contributed by atoms with E-state index in [2.05, 4.69) is 4.74 Å². The Labute approximate surface area is 146 Å². The maximum Gasteiger partial charge on any atom is 0.373 e. The molecule has 1 N–H and O–H groups in total. The maximum atomic E-state index is 12.0. The summed E-state index contributed by atoms with van der Waals surface area (Å²) in [4.78, 5) is 23.7. The van der Waals surface area contributed by atoms with Gasteiger partial charge in [-0.3, -0.25) is 0 Å². The molecule has 5 nitrogen and oxygen atoms in total. The second-order valence-corrected chi connectivity index (χ2v) is 5.76. The number of benzene rings is 1. The summed E-state index contributed by atoms with van der Waals surface area (Å²) in [5.74, 6) is -1.31. The van der Waals surface area contributed by atoms with Gasteiger partial charge in [0.15, 0.2) is 0 Å². The van der Waals surface area contributed by atoms with Crippen molar-refractivity contribution in [1.82, 2.24) is 0 Å². The number of carbonyl (C=O) groups is 2. The second-order valence-electron chi connectivity index (χ2n) is 4.74. The number of ether oxygens (including phenoxy) is 2. The van der Waals surface area contributed by atoms with Gasteiger partial charge >= 0.3 is 11.9 Å². The standard InChI is InChI=1S/C18H22O5S/c1-4-22-17(20)15(19)10-11-16(18(21)23-5-2)24-12-14-9-7-6-8-13(14)3/h6-11,19H,4-5,12H2,1-3H3. The van der Waals surface area contributed by atoms with Gasteiger partial charge in [0.25, 0.3) is 0 Å². The lowest BCUT2D eigenvalue weighted by Crippen LogP contribution is -2.08. The Balaban J connectivity index is 2.89. The van der Waals surface area contributed by atoms with E-state index in [9.17, 15) is 14.7 Å². The summed E-state index contributed by atoms with van der Waals surface area (Å²) >= 11 is 1.28. The maximum absolute atomic E-state index is 12.0. The molecule has 0 aliphatic rings. The minimum atomic E-state index is -0.833. The van der Waals surface area contributed by atoms with Crippen molar-refractivity contribution in [2.45, 2.75) is 26.5 Å². The first-order chi connectivity index (χ1) is 11.5. The van der Waals surface area contributed by atoms with Gasteiger partial charge in [-0.1, -0.05) is 24.3 Å². The SMILES string of the molecule is CCOC(=O)C(O)=CC=C(SCc1ccccc1C)C(=O)OCC. The third kappa shape index (κ3) is 6.50. The average molecular weight is 350 g/mol. The van der Waals surface area contributed by atoms with E-state index in [1.807, 2.05) is 31.2 Å². The zero-order chi connectivity index (χ0) is 17.9. The van der Waals surface area contributed by atoms with Gasteiger partial charge in [-0.05, 0) is 44.1 Å². The minimum Gasteiger partial charge on any atom is -0.502 e. The Morgan fingerprint density at radius 3 is 2.33 bits per heavy atom. The van der Waals surface area contributed by atoms with Crippen LogP contribution >= 0.6 is 11.8 Å². The highest BCUT2D eigenvalue weighted by atomic mass is 32.2. The number of allylic oxidation sites excluding steroid dienone is 2. The van der Waals surface area contributed by atoms with Gasteiger partial charge in [0.05, 0.1) is 18.1 Å². The predicted octanol–water partition coefficient (Wildman–Crippen LogP) is 3.68. The Hall–Kier alpha value is -2.21. The Morgan fingerprint density at radius 2 is 1.71 bits per heavy atom. The fourth-order valence-electron chi connectivity index (χ4n) is 1.73. The van der Waals surface area contributed by atoms with Gasteiger partial charge in [0.2, 0.25) is 5.76 Å². The molecule has 0 amide bonds. The van der Waals surface area contributed by atoms with Crippen molar-refractivity contribution < 1.29 is 24.2 Å². The van der Waals surface area contributed by atoms with Gasteiger partial charge in [-0.15, -0.1) is 11.8 Å². The molecule has 0 fully saturated rings. The van der Waals surface area contributed by atoms with Crippen molar-refractivity contribution in [1.29, 1.82) is 0 Å². The molecule has 0 bridgehead atoms. The molecule has 1 aromatic carbocycles. The van der Waals surface area contributed by atoms with Crippen LogP contribution in [-0.4, -0.2) is 30.3 Å². The third-order valence-electron chi connectivity index (χ3n) is 3.00. The summed E-state index contributed by atoms with van der Waals surface area (Å²) in [5.41, 5.74) is 2.22. The highest BCUT2D eigenvalue weighted by Gasteiger charge is 2.13. The highest BCUT2D eigenvalue weighted by Crippen LogP contribution is 2.24. The molecule has 1 rings (SSSR count). The molecule has 1 aromatic rings. The van der Waals surface area contributed by atoms with E-state index in [1.165, 1.54) is 17.8 Å². The number of hydrogen-bond donors (Lipinski definition) is 1. The fourth-order valence-corrected chi connectivity index (χ4v) is 2.71. The number of rotatable bonds is 8. The molecule has 6 heteroatoms. The van der Waals surface area contributed by atoms with Crippen LogP contribution in [0.5, 0.6) is 0 Å². The van der Waals surface area contributed by atoms with E-state index < -0.39 is 17.7 Å². The van der Waals surface area contributed by atoms with Crippen LogP contribution in [0, 0.1) is 6.92 Å². The van der Waals surface area contributed by atoms with Crippen LogP contribution in [0.4, 0.5) is 0 Å². The lowest BCUT2D eigenvalue weighted by molar-refractivity contribution is -0.141. The van der Waals surface area contributed by atoms with Crippen LogP contribution in [0.1, 0.15) is 25.0 Å². The Morgan fingerprint density at radius 1 is 1.08 bits per heavy atom. The number of carbonyl (C=O) groups excluding carboxylic acids is 2. The van der Waals surface area contributed by atoms with E-state index in [4.69, 9.17) is 4.74 Å². The smallest absolute Gasteiger partial charge is 0.373 e. The quantitative estimate of drug-likeness (QED) is 0.334. The first kappa shape index (κ1) is 19.8. The molecule has 24 heavy (non-hydrogen) atoms. The molecule has 0 aromatic heterocycles. The molecule has 0 aliphatic carbocycles. The zero-order valence-electron chi connectivity index (χ0n) is 14.1. The van der Waals surface area contributed by atoms with Crippen molar-refractivity contribution in [2.75, 3.05) is 13.2 Å². The van der Waals surface area contributed by atoms with Crippen LogP contribution < -0.4 is 0 Å². The zero-order valence-corrected chi connectivity index (χ0v) is 14.9. The summed E-state index contributed by atoms with van der Waals surface area (Å²) in [5, 5.41) is 9.62. The van der Waals surface area contributed by atoms with Crippen LogP contribution in [-0.2, 0) is 24.8 Å². The first-order valence-electron chi connectivity index (χ1n) is 7.62. The normalized spacial score (nSPS) is 12.0. The van der Waals surface area contributed by atoms with Gasteiger partial charge < -0.3 is 14.6 Å².